The highest BCUT2D eigenvalue weighted by Crippen LogP contribution is 2.35. The molecule has 3 aromatic carbocycles. The monoisotopic (exact) mass is 512 g/mol. The van der Waals surface area contributed by atoms with Gasteiger partial charge < -0.3 is 14.2 Å². The fourth-order valence-corrected chi connectivity index (χ4v) is 4.43. The smallest absolute Gasteiger partial charge is 0.385 e. The maximum Gasteiger partial charge on any atom is 0.422 e. The average molecular weight is 512 g/mol. The van der Waals surface area contributed by atoms with Crippen molar-refractivity contribution in [3.63, 3.8) is 0 Å². The largest absolute Gasteiger partial charge is 0.422 e. The number of rotatable bonds is 8. The number of hydrogen-bond donors (Lipinski definition) is 0. The molecule has 1 fully saturated rings. The Labute approximate surface area is 205 Å². The van der Waals surface area contributed by atoms with Crippen LogP contribution in [0.15, 0.2) is 42.5 Å². The number of fused-ring (bicyclic) bond motifs is 1. The second-order valence-corrected chi connectivity index (χ2v) is 8.95. The molecule has 0 spiro atoms. The fraction of sp³-hybridized carbons (Fsp3) is 0.407. The molecule has 0 aliphatic carbocycles. The molecule has 4 rings (SSSR count). The Morgan fingerprint density at radius 3 is 2.25 bits per heavy atom. The predicted molar refractivity (Wildman–Crippen MR) is 122 cm³/mol. The van der Waals surface area contributed by atoms with E-state index in [4.69, 9.17) is 14.2 Å². The van der Waals surface area contributed by atoms with Crippen LogP contribution in [0.3, 0.4) is 0 Å². The van der Waals surface area contributed by atoms with Gasteiger partial charge in [0.25, 0.3) is 0 Å². The van der Waals surface area contributed by atoms with Crippen molar-refractivity contribution >= 4 is 10.8 Å². The fourth-order valence-electron chi connectivity index (χ4n) is 4.43. The molecule has 36 heavy (non-hydrogen) atoms. The van der Waals surface area contributed by atoms with Gasteiger partial charge in [0.15, 0.2) is 6.29 Å². The van der Waals surface area contributed by atoms with Crippen LogP contribution in [0.25, 0.3) is 10.8 Å². The maximum atomic E-state index is 15.2. The lowest BCUT2D eigenvalue weighted by molar-refractivity contribution is -0.206. The molecule has 1 saturated heterocycles. The van der Waals surface area contributed by atoms with Crippen molar-refractivity contribution in [1.82, 2.24) is 0 Å². The summed E-state index contributed by atoms with van der Waals surface area (Å²) >= 11 is 0. The number of alkyl halides is 3. The van der Waals surface area contributed by atoms with Crippen molar-refractivity contribution in [2.24, 2.45) is 5.92 Å². The molecule has 0 atom stereocenters. The Balaban J connectivity index is 1.43. The third-order valence-electron chi connectivity index (χ3n) is 6.33. The highest BCUT2D eigenvalue weighted by Gasteiger charge is 2.37. The number of ether oxygens (including phenoxy) is 3. The van der Waals surface area contributed by atoms with Crippen molar-refractivity contribution in [2.45, 2.75) is 38.1 Å². The van der Waals surface area contributed by atoms with Gasteiger partial charge in [-0.15, -0.1) is 0 Å². The summed E-state index contributed by atoms with van der Waals surface area (Å²) in [5, 5.41) is 0.990. The molecule has 0 amide bonds. The molecule has 0 saturated carbocycles. The molecule has 0 N–H and O–H groups in total. The van der Waals surface area contributed by atoms with Gasteiger partial charge >= 0.3 is 6.18 Å². The SMILES string of the molecule is COCCCC1COC(c2ccc3c(F)c(CCc4cc(F)c(C(F)(F)F)c(F)c4)ccc3c2)OC1. The van der Waals surface area contributed by atoms with Gasteiger partial charge in [-0.1, -0.05) is 24.3 Å². The summed E-state index contributed by atoms with van der Waals surface area (Å²) in [5.41, 5.74) is -0.854. The number of benzene rings is 3. The first-order valence-electron chi connectivity index (χ1n) is 11.7. The van der Waals surface area contributed by atoms with Gasteiger partial charge in [0.2, 0.25) is 0 Å². The van der Waals surface area contributed by atoms with E-state index in [-0.39, 0.29) is 18.4 Å². The van der Waals surface area contributed by atoms with E-state index in [9.17, 15) is 22.0 Å². The number of hydrogen-bond acceptors (Lipinski definition) is 3. The molecule has 0 unspecified atom stereocenters. The molecule has 1 aliphatic heterocycles. The van der Waals surface area contributed by atoms with Crippen molar-refractivity contribution in [3.8, 4) is 0 Å². The number of aryl methyl sites for hydroxylation is 2. The minimum Gasteiger partial charge on any atom is -0.385 e. The Bertz CT molecular complexity index is 1180. The Kier molecular flexibility index (Phi) is 8.22. The zero-order valence-corrected chi connectivity index (χ0v) is 19.6. The summed E-state index contributed by atoms with van der Waals surface area (Å²) in [6.45, 7) is 1.81. The van der Waals surface area contributed by atoms with E-state index in [2.05, 4.69) is 0 Å². The molecule has 1 aliphatic rings. The van der Waals surface area contributed by atoms with Gasteiger partial charge in [0.05, 0.1) is 13.2 Å². The Hall–Kier alpha value is -2.62. The van der Waals surface area contributed by atoms with E-state index in [1.54, 1.807) is 37.4 Å². The lowest BCUT2D eigenvalue weighted by Gasteiger charge is -2.29. The van der Waals surface area contributed by atoms with Crippen LogP contribution in [0.2, 0.25) is 0 Å². The first-order chi connectivity index (χ1) is 17.2. The topological polar surface area (TPSA) is 27.7 Å². The summed E-state index contributed by atoms with van der Waals surface area (Å²) in [6.07, 6.45) is -3.76. The normalized spacial score (nSPS) is 18.6. The van der Waals surface area contributed by atoms with Crippen LogP contribution in [0.4, 0.5) is 26.3 Å². The third kappa shape index (κ3) is 6.02. The van der Waals surface area contributed by atoms with Gasteiger partial charge in [-0.05, 0) is 60.4 Å². The van der Waals surface area contributed by atoms with Crippen molar-refractivity contribution < 1.29 is 40.6 Å². The molecular weight excluding hydrogens is 486 g/mol. The zero-order chi connectivity index (χ0) is 25.9. The van der Waals surface area contributed by atoms with Crippen LogP contribution in [0, 0.1) is 23.4 Å². The number of methoxy groups -OCH3 is 1. The second kappa shape index (κ2) is 11.2. The quantitative estimate of drug-likeness (QED) is 0.237. The summed E-state index contributed by atoms with van der Waals surface area (Å²) in [5.74, 6) is -3.56. The van der Waals surface area contributed by atoms with E-state index >= 15 is 4.39 Å². The van der Waals surface area contributed by atoms with Crippen molar-refractivity contribution in [2.75, 3.05) is 26.9 Å². The molecule has 0 bridgehead atoms. The van der Waals surface area contributed by atoms with Crippen LogP contribution in [-0.2, 0) is 33.2 Å². The van der Waals surface area contributed by atoms with Crippen molar-refractivity contribution in [1.29, 1.82) is 0 Å². The van der Waals surface area contributed by atoms with E-state index < -0.39 is 35.5 Å². The minimum atomic E-state index is -5.13. The molecule has 0 aromatic heterocycles. The first-order valence-corrected chi connectivity index (χ1v) is 11.7. The van der Waals surface area contributed by atoms with Crippen molar-refractivity contribution in [3.05, 3.63) is 82.2 Å². The van der Waals surface area contributed by atoms with Crippen LogP contribution in [-0.4, -0.2) is 26.9 Å². The summed E-state index contributed by atoms with van der Waals surface area (Å²) in [7, 11) is 1.66. The molecule has 3 nitrogen and oxygen atoms in total. The Morgan fingerprint density at radius 2 is 1.61 bits per heavy atom. The van der Waals surface area contributed by atoms with Crippen LogP contribution in [0.5, 0.6) is 0 Å². The summed E-state index contributed by atoms with van der Waals surface area (Å²) < 4.78 is 97.9. The van der Waals surface area contributed by atoms with E-state index in [1.165, 1.54) is 0 Å². The minimum absolute atomic E-state index is 0.0139. The second-order valence-electron chi connectivity index (χ2n) is 8.95. The first kappa shape index (κ1) is 26.4. The Morgan fingerprint density at radius 1 is 0.917 bits per heavy atom. The highest BCUT2D eigenvalue weighted by molar-refractivity contribution is 5.84. The third-order valence-corrected chi connectivity index (χ3v) is 6.33. The molecule has 9 heteroatoms. The molecule has 1 heterocycles. The molecule has 0 radical (unpaired) electrons. The highest BCUT2D eigenvalue weighted by atomic mass is 19.4. The van der Waals surface area contributed by atoms with Crippen LogP contribution in [0.1, 0.15) is 41.4 Å². The van der Waals surface area contributed by atoms with Gasteiger partial charge in [-0.3, -0.25) is 0 Å². The summed E-state index contributed by atoms with van der Waals surface area (Å²) in [6, 6.07) is 9.71. The molecular formula is C27H26F6O3. The number of halogens is 6. The van der Waals surface area contributed by atoms with Gasteiger partial charge in [0.1, 0.15) is 23.0 Å². The standard InChI is InChI=1S/C27H26F6O3/c1-34-10-2-3-17-14-35-26(36-15-17)20-8-9-21-19(13-20)7-6-18(25(21)30)5-4-16-11-22(28)24(23(29)12-16)27(31,32)33/h6-9,11-13,17,26H,2-5,10,14-15H2,1H3. The van der Waals surface area contributed by atoms with Crippen LogP contribution < -0.4 is 0 Å². The zero-order valence-electron chi connectivity index (χ0n) is 19.6. The maximum absolute atomic E-state index is 15.2. The predicted octanol–water partition coefficient (Wildman–Crippen LogP) is 7.15. The lowest BCUT2D eigenvalue weighted by atomic mass is 9.98. The van der Waals surface area contributed by atoms with E-state index in [1.807, 2.05) is 0 Å². The van der Waals surface area contributed by atoms with Crippen LogP contribution >= 0.6 is 0 Å². The van der Waals surface area contributed by atoms with E-state index in [0.717, 1.165) is 18.4 Å². The van der Waals surface area contributed by atoms with Gasteiger partial charge in [0, 0.05) is 30.6 Å². The van der Waals surface area contributed by atoms with Gasteiger partial charge in [-0.25, -0.2) is 13.2 Å². The molecule has 3 aromatic rings. The van der Waals surface area contributed by atoms with Gasteiger partial charge in [-0.2, -0.15) is 13.2 Å². The summed E-state index contributed by atoms with van der Waals surface area (Å²) in [4.78, 5) is 0. The average Bonchev–Trinajstić information content (AvgIpc) is 2.83. The molecule has 194 valence electrons. The van der Waals surface area contributed by atoms with E-state index in [0.29, 0.717) is 54.2 Å². The lowest BCUT2D eigenvalue weighted by Crippen LogP contribution is -2.27.